The van der Waals surface area contributed by atoms with Crippen molar-refractivity contribution in [2.24, 2.45) is 0 Å². The second kappa shape index (κ2) is 8.72. The van der Waals surface area contributed by atoms with Crippen molar-refractivity contribution in [1.82, 2.24) is 5.32 Å². The first kappa shape index (κ1) is 20.5. The van der Waals surface area contributed by atoms with Crippen molar-refractivity contribution in [3.8, 4) is 0 Å². The molecule has 2 aromatic carbocycles. The molecule has 9 heteroatoms. The van der Waals surface area contributed by atoms with Crippen LogP contribution in [0.4, 0.5) is 8.78 Å². The molecule has 0 spiro atoms. The van der Waals surface area contributed by atoms with E-state index in [1.54, 1.807) is 18.2 Å². The van der Waals surface area contributed by atoms with Crippen molar-refractivity contribution in [3.63, 3.8) is 0 Å². The number of amides is 1. The zero-order valence-corrected chi connectivity index (χ0v) is 15.1. The Kier molecular flexibility index (Phi) is 6.62. The van der Waals surface area contributed by atoms with Crippen molar-refractivity contribution in [2.75, 3.05) is 12.9 Å². The number of carbonyl (C=O) groups is 2. The van der Waals surface area contributed by atoms with Gasteiger partial charge in [-0.3, -0.25) is 4.79 Å². The number of hydrogen-bond acceptors (Lipinski definition) is 5. The molecule has 27 heavy (non-hydrogen) atoms. The summed E-state index contributed by atoms with van der Waals surface area (Å²) in [7, 11) is -2.62. The molecule has 6 nitrogen and oxygen atoms in total. The number of carbonyl (C=O) groups excluding carboxylic acids is 2. The first-order chi connectivity index (χ1) is 12.7. The van der Waals surface area contributed by atoms with Gasteiger partial charge in [-0.2, -0.15) is 0 Å². The quantitative estimate of drug-likeness (QED) is 0.723. The van der Waals surface area contributed by atoms with Gasteiger partial charge >= 0.3 is 5.97 Å². The molecule has 0 fully saturated rings. The minimum Gasteiger partial charge on any atom is -0.467 e. The summed E-state index contributed by atoms with van der Waals surface area (Å²) in [5.41, 5.74) is -0.476. The van der Waals surface area contributed by atoms with Crippen molar-refractivity contribution in [1.29, 1.82) is 0 Å². The summed E-state index contributed by atoms with van der Waals surface area (Å²) < 4.78 is 55.9. The predicted octanol–water partition coefficient (Wildman–Crippen LogP) is 2.10. The molecule has 0 radical (unpaired) electrons. The summed E-state index contributed by atoms with van der Waals surface area (Å²) in [6.07, 6.45) is -0.279. The third-order valence-electron chi connectivity index (χ3n) is 3.74. The molecule has 0 aromatic heterocycles. The number of nitrogens with one attached hydrogen (secondary N) is 1. The number of halogens is 2. The van der Waals surface area contributed by atoms with E-state index < -0.39 is 50.7 Å². The van der Waals surface area contributed by atoms with E-state index >= 15 is 0 Å². The minimum atomic E-state index is -3.69. The van der Waals surface area contributed by atoms with Crippen LogP contribution in [0.15, 0.2) is 53.4 Å². The molecule has 0 unspecified atom stereocenters. The number of hydrogen-bond donors (Lipinski definition) is 1. The molecule has 0 saturated carbocycles. The van der Waals surface area contributed by atoms with E-state index in [9.17, 15) is 26.8 Å². The summed E-state index contributed by atoms with van der Waals surface area (Å²) in [5, 5.41) is 2.23. The fourth-order valence-corrected chi connectivity index (χ4v) is 3.67. The van der Waals surface area contributed by atoms with Crippen molar-refractivity contribution in [3.05, 3.63) is 65.7 Å². The number of sulfone groups is 1. The molecule has 2 rings (SSSR count). The molecule has 0 bridgehead atoms. The lowest BCUT2D eigenvalue weighted by Gasteiger charge is -2.17. The standard InChI is InChI=1S/C18H17F2NO5S/c1-26-18(23)16(9-10-27(24,25)13-5-3-2-4-6-13)21-17(22)14-8-7-12(19)11-15(14)20/h2-8,11,16H,9-10H2,1H3,(H,21,22)/t16-/m1/s1. The van der Waals surface area contributed by atoms with Crippen LogP contribution in [0.25, 0.3) is 0 Å². The summed E-state index contributed by atoms with van der Waals surface area (Å²) >= 11 is 0. The summed E-state index contributed by atoms with van der Waals surface area (Å²) in [4.78, 5) is 24.1. The second-order valence-electron chi connectivity index (χ2n) is 5.59. The van der Waals surface area contributed by atoms with E-state index in [2.05, 4.69) is 10.1 Å². The number of methoxy groups -OCH3 is 1. The van der Waals surface area contributed by atoms with Gasteiger partial charge in [0.05, 0.1) is 23.3 Å². The summed E-state index contributed by atoms with van der Waals surface area (Å²) in [5.74, 6) is -4.27. The van der Waals surface area contributed by atoms with Gasteiger partial charge in [-0.05, 0) is 30.7 Å². The van der Waals surface area contributed by atoms with E-state index in [1.165, 1.54) is 12.1 Å². The Morgan fingerprint density at radius 1 is 1.11 bits per heavy atom. The summed E-state index contributed by atoms with van der Waals surface area (Å²) in [6.45, 7) is 0. The normalized spacial score (nSPS) is 12.3. The Balaban J connectivity index is 2.14. The Labute approximate surface area is 155 Å². The van der Waals surface area contributed by atoms with Gasteiger partial charge in [-0.15, -0.1) is 0 Å². The third kappa shape index (κ3) is 5.33. The SMILES string of the molecule is COC(=O)[C@@H](CCS(=O)(=O)c1ccccc1)NC(=O)c1ccc(F)cc1F. The van der Waals surface area contributed by atoms with Crippen LogP contribution in [-0.2, 0) is 19.4 Å². The van der Waals surface area contributed by atoms with Gasteiger partial charge in [0.2, 0.25) is 0 Å². The van der Waals surface area contributed by atoms with Crippen LogP contribution < -0.4 is 5.32 Å². The van der Waals surface area contributed by atoms with E-state index in [-0.39, 0.29) is 11.3 Å². The monoisotopic (exact) mass is 397 g/mol. The van der Waals surface area contributed by atoms with Crippen LogP contribution in [0.2, 0.25) is 0 Å². The van der Waals surface area contributed by atoms with Crippen molar-refractivity contribution in [2.45, 2.75) is 17.4 Å². The molecular formula is C18H17F2NO5S. The molecular weight excluding hydrogens is 380 g/mol. The Morgan fingerprint density at radius 3 is 2.37 bits per heavy atom. The lowest BCUT2D eigenvalue weighted by molar-refractivity contribution is -0.142. The first-order valence-electron chi connectivity index (χ1n) is 7.86. The maximum Gasteiger partial charge on any atom is 0.328 e. The molecule has 144 valence electrons. The molecule has 2 aromatic rings. The molecule has 0 saturated heterocycles. The van der Waals surface area contributed by atoms with Crippen molar-refractivity contribution >= 4 is 21.7 Å². The Hall–Kier alpha value is -2.81. The van der Waals surface area contributed by atoms with Crippen LogP contribution in [0.1, 0.15) is 16.8 Å². The molecule has 1 N–H and O–H groups in total. The van der Waals surface area contributed by atoms with Gasteiger partial charge in [0.1, 0.15) is 17.7 Å². The zero-order valence-electron chi connectivity index (χ0n) is 14.3. The fourth-order valence-electron chi connectivity index (χ4n) is 2.32. The molecule has 0 aliphatic carbocycles. The summed E-state index contributed by atoms with van der Waals surface area (Å²) in [6, 6.07) is 8.64. The van der Waals surface area contributed by atoms with E-state index in [4.69, 9.17) is 0 Å². The highest BCUT2D eigenvalue weighted by Gasteiger charge is 2.26. The van der Waals surface area contributed by atoms with Crippen LogP contribution in [0.5, 0.6) is 0 Å². The second-order valence-corrected chi connectivity index (χ2v) is 7.70. The Bertz CT molecular complexity index is 932. The number of benzene rings is 2. The molecule has 0 heterocycles. The predicted molar refractivity (Wildman–Crippen MR) is 92.7 cm³/mol. The van der Waals surface area contributed by atoms with Crippen LogP contribution in [0, 0.1) is 11.6 Å². The average Bonchev–Trinajstić information content (AvgIpc) is 2.65. The van der Waals surface area contributed by atoms with Gasteiger partial charge < -0.3 is 10.1 Å². The van der Waals surface area contributed by atoms with Gasteiger partial charge in [-0.1, -0.05) is 18.2 Å². The highest BCUT2D eigenvalue weighted by Crippen LogP contribution is 2.14. The molecule has 1 amide bonds. The van der Waals surface area contributed by atoms with Crippen LogP contribution in [-0.4, -0.2) is 39.2 Å². The van der Waals surface area contributed by atoms with Gasteiger partial charge in [-0.25, -0.2) is 22.0 Å². The van der Waals surface area contributed by atoms with Gasteiger partial charge in [0.15, 0.2) is 9.84 Å². The fraction of sp³-hybridized carbons (Fsp3) is 0.222. The van der Waals surface area contributed by atoms with E-state index in [0.29, 0.717) is 6.07 Å². The van der Waals surface area contributed by atoms with Crippen molar-refractivity contribution < 1.29 is 31.5 Å². The van der Waals surface area contributed by atoms with Crippen LogP contribution >= 0.6 is 0 Å². The molecule has 0 aliphatic heterocycles. The van der Waals surface area contributed by atoms with E-state index in [0.717, 1.165) is 19.2 Å². The lowest BCUT2D eigenvalue weighted by Crippen LogP contribution is -2.43. The Morgan fingerprint density at radius 2 is 1.78 bits per heavy atom. The number of esters is 1. The number of rotatable bonds is 7. The topological polar surface area (TPSA) is 89.5 Å². The smallest absolute Gasteiger partial charge is 0.328 e. The maximum absolute atomic E-state index is 13.7. The third-order valence-corrected chi connectivity index (χ3v) is 5.51. The van der Waals surface area contributed by atoms with E-state index in [1.807, 2.05) is 0 Å². The minimum absolute atomic E-state index is 0.0736. The average molecular weight is 397 g/mol. The highest BCUT2D eigenvalue weighted by molar-refractivity contribution is 7.91. The number of ether oxygens (including phenoxy) is 1. The molecule has 0 aliphatic rings. The first-order valence-corrected chi connectivity index (χ1v) is 9.51. The van der Waals surface area contributed by atoms with Gasteiger partial charge in [0.25, 0.3) is 5.91 Å². The maximum atomic E-state index is 13.7. The molecule has 1 atom stereocenters. The largest absolute Gasteiger partial charge is 0.467 e. The van der Waals surface area contributed by atoms with Crippen LogP contribution in [0.3, 0.4) is 0 Å². The lowest BCUT2D eigenvalue weighted by atomic mass is 10.1. The zero-order chi connectivity index (χ0) is 20.0. The highest BCUT2D eigenvalue weighted by atomic mass is 32.2. The van der Waals surface area contributed by atoms with Gasteiger partial charge in [0, 0.05) is 6.07 Å².